The van der Waals surface area contributed by atoms with Crippen LogP contribution in [0.3, 0.4) is 0 Å². The molecule has 0 spiro atoms. The van der Waals surface area contributed by atoms with Gasteiger partial charge in [0.1, 0.15) is 29.1 Å². The highest BCUT2D eigenvalue weighted by molar-refractivity contribution is 9.10. The maximum absolute atomic E-state index is 12.3. The second-order valence-corrected chi connectivity index (χ2v) is 8.24. The fourth-order valence-electron chi connectivity index (χ4n) is 3.77. The Balaban J connectivity index is 1.91. The molecule has 166 valence electrons. The lowest BCUT2D eigenvalue weighted by molar-refractivity contribution is -0.124. The van der Waals surface area contributed by atoms with Crippen molar-refractivity contribution in [3.8, 4) is 34.8 Å². The quantitative estimate of drug-likeness (QED) is 0.551. The molecule has 1 aliphatic rings. The lowest BCUT2D eigenvalue weighted by Gasteiger charge is -2.23. The van der Waals surface area contributed by atoms with Gasteiger partial charge >= 0.3 is 0 Å². The van der Waals surface area contributed by atoms with E-state index < -0.39 is 5.56 Å². The Kier molecular flexibility index (Phi) is 7.39. The van der Waals surface area contributed by atoms with E-state index in [2.05, 4.69) is 26.2 Å². The summed E-state index contributed by atoms with van der Waals surface area (Å²) in [6.45, 7) is -0.191. The van der Waals surface area contributed by atoms with E-state index >= 15 is 0 Å². The molecule has 32 heavy (non-hydrogen) atoms. The fourth-order valence-corrected chi connectivity index (χ4v) is 4.29. The number of anilines is 1. The van der Waals surface area contributed by atoms with Crippen molar-refractivity contribution in [1.29, 1.82) is 10.5 Å². The number of rotatable bonds is 6. The molecule has 0 aliphatic heterocycles. The monoisotopic (exact) mass is 499 g/mol. The molecule has 0 radical (unpaired) electrons. The zero-order valence-corrected chi connectivity index (χ0v) is 19.0. The van der Waals surface area contributed by atoms with Crippen LogP contribution in [-0.4, -0.2) is 30.6 Å². The van der Waals surface area contributed by atoms with Gasteiger partial charge in [0.25, 0.3) is 11.5 Å². The van der Waals surface area contributed by atoms with Gasteiger partial charge in [-0.1, -0.05) is 35.2 Å². The summed E-state index contributed by atoms with van der Waals surface area (Å²) in [4.78, 5) is 26.8. The second kappa shape index (κ2) is 10.2. The van der Waals surface area contributed by atoms with Crippen LogP contribution in [0.4, 0.5) is 5.82 Å². The number of ether oxygens (including phenoxy) is 2. The molecule has 1 fully saturated rings. The van der Waals surface area contributed by atoms with Crippen molar-refractivity contribution in [2.45, 2.75) is 38.1 Å². The van der Waals surface area contributed by atoms with Crippen LogP contribution >= 0.6 is 15.9 Å². The van der Waals surface area contributed by atoms with Gasteiger partial charge in [-0.05, 0) is 25.0 Å². The molecule has 4 N–H and O–H groups in total. The third kappa shape index (κ3) is 4.87. The van der Waals surface area contributed by atoms with Crippen LogP contribution < -0.4 is 26.1 Å². The summed E-state index contributed by atoms with van der Waals surface area (Å²) in [5.41, 5.74) is 5.25. The fraction of sp³-hybridized carbons (Fsp3) is 0.364. The Morgan fingerprint density at radius 1 is 1.22 bits per heavy atom. The van der Waals surface area contributed by atoms with Crippen molar-refractivity contribution >= 4 is 27.7 Å². The molecule has 1 saturated carbocycles. The molecule has 2 aromatic rings. The Hall–Kier alpha value is -3.50. The molecule has 0 atom stereocenters. The molecule has 0 saturated heterocycles. The molecule has 10 heteroatoms. The minimum atomic E-state index is -0.704. The van der Waals surface area contributed by atoms with Crippen LogP contribution in [0.25, 0.3) is 11.1 Å². The SMILES string of the molecule is COc1cc(-c2c(C#N)c(N)[nH]c(=O)c2C#N)c(Br)cc1OCC(=O)NC1CCCCC1. The predicted octanol–water partition coefficient (Wildman–Crippen LogP) is 2.97. The van der Waals surface area contributed by atoms with Crippen LogP contribution in [0, 0.1) is 22.7 Å². The van der Waals surface area contributed by atoms with E-state index in [1.165, 1.54) is 19.6 Å². The van der Waals surface area contributed by atoms with Gasteiger partial charge in [0.2, 0.25) is 0 Å². The van der Waals surface area contributed by atoms with E-state index in [1.807, 2.05) is 12.1 Å². The number of aromatic nitrogens is 1. The van der Waals surface area contributed by atoms with Gasteiger partial charge < -0.3 is 25.5 Å². The summed E-state index contributed by atoms with van der Waals surface area (Å²) in [6.07, 6.45) is 5.35. The average Bonchev–Trinajstić information content (AvgIpc) is 2.78. The van der Waals surface area contributed by atoms with Gasteiger partial charge in [0, 0.05) is 21.6 Å². The summed E-state index contributed by atoms with van der Waals surface area (Å²) in [7, 11) is 1.42. The van der Waals surface area contributed by atoms with Gasteiger partial charge in [0.05, 0.1) is 7.11 Å². The number of halogens is 1. The Bertz CT molecular complexity index is 1170. The van der Waals surface area contributed by atoms with E-state index in [0.29, 0.717) is 10.0 Å². The number of amides is 1. The molecular weight excluding hydrogens is 478 g/mol. The largest absolute Gasteiger partial charge is 0.493 e. The molecule has 3 rings (SSSR count). The minimum Gasteiger partial charge on any atom is -0.493 e. The average molecular weight is 500 g/mol. The summed E-state index contributed by atoms with van der Waals surface area (Å²) in [6, 6.07) is 7.01. The molecule has 1 aromatic heterocycles. The molecule has 1 aromatic carbocycles. The van der Waals surface area contributed by atoms with Crippen molar-refractivity contribution in [3.63, 3.8) is 0 Å². The summed E-state index contributed by atoms with van der Waals surface area (Å²) in [5.74, 6) is 0.189. The molecular formula is C22H22BrN5O4. The number of carbonyl (C=O) groups excluding carboxylic acids is 1. The minimum absolute atomic E-state index is 0.0376. The number of pyridine rings is 1. The zero-order valence-electron chi connectivity index (χ0n) is 17.5. The summed E-state index contributed by atoms with van der Waals surface area (Å²) < 4.78 is 11.5. The van der Waals surface area contributed by atoms with Gasteiger partial charge in [-0.15, -0.1) is 0 Å². The third-order valence-corrected chi connectivity index (χ3v) is 5.98. The summed E-state index contributed by atoms with van der Waals surface area (Å²) >= 11 is 3.40. The van der Waals surface area contributed by atoms with Crippen LogP contribution in [0.2, 0.25) is 0 Å². The number of nitrogens with one attached hydrogen (secondary N) is 2. The van der Waals surface area contributed by atoms with Crippen molar-refractivity contribution < 1.29 is 14.3 Å². The van der Waals surface area contributed by atoms with Crippen LogP contribution in [-0.2, 0) is 4.79 Å². The molecule has 1 aliphatic carbocycles. The van der Waals surface area contributed by atoms with Crippen molar-refractivity contribution in [2.75, 3.05) is 19.5 Å². The first-order chi connectivity index (χ1) is 15.4. The molecule has 1 amide bonds. The second-order valence-electron chi connectivity index (χ2n) is 7.39. The van der Waals surface area contributed by atoms with Crippen molar-refractivity contribution in [2.24, 2.45) is 0 Å². The highest BCUT2D eigenvalue weighted by Gasteiger charge is 2.23. The number of hydrogen-bond acceptors (Lipinski definition) is 7. The van der Waals surface area contributed by atoms with Gasteiger partial charge in [-0.2, -0.15) is 10.5 Å². The Labute approximate surface area is 193 Å². The number of methoxy groups -OCH3 is 1. The molecule has 0 bridgehead atoms. The normalized spacial score (nSPS) is 13.6. The van der Waals surface area contributed by atoms with Gasteiger partial charge in [-0.3, -0.25) is 9.59 Å². The van der Waals surface area contributed by atoms with Gasteiger partial charge in [-0.25, -0.2) is 0 Å². The molecule has 1 heterocycles. The third-order valence-electron chi connectivity index (χ3n) is 5.32. The predicted molar refractivity (Wildman–Crippen MR) is 121 cm³/mol. The van der Waals surface area contributed by atoms with Crippen LogP contribution in [0.1, 0.15) is 43.2 Å². The number of hydrogen-bond donors (Lipinski definition) is 3. The first-order valence-electron chi connectivity index (χ1n) is 10.1. The summed E-state index contributed by atoms with van der Waals surface area (Å²) in [5, 5.41) is 22.0. The lowest BCUT2D eigenvalue weighted by atomic mass is 9.95. The van der Waals surface area contributed by atoms with E-state index in [1.54, 1.807) is 6.07 Å². The zero-order chi connectivity index (χ0) is 23.3. The van der Waals surface area contributed by atoms with Crippen LogP contribution in [0.5, 0.6) is 11.5 Å². The number of carbonyl (C=O) groups is 1. The lowest BCUT2D eigenvalue weighted by Crippen LogP contribution is -2.39. The Morgan fingerprint density at radius 3 is 2.53 bits per heavy atom. The maximum atomic E-state index is 12.3. The highest BCUT2D eigenvalue weighted by atomic mass is 79.9. The van der Waals surface area contributed by atoms with E-state index in [9.17, 15) is 20.1 Å². The van der Waals surface area contributed by atoms with Crippen molar-refractivity contribution in [1.82, 2.24) is 10.3 Å². The standard InChI is InChI=1S/C22H22BrN5O4/c1-31-17-7-13(20-14(9-24)21(26)28-22(30)15(20)10-25)16(23)8-18(17)32-11-19(29)27-12-5-3-2-4-6-12/h7-8,12H,2-6,11H2,1H3,(H,27,29)(H3,26,28,30). The number of nitriles is 2. The number of nitrogen functional groups attached to an aromatic ring is 1. The smallest absolute Gasteiger partial charge is 0.268 e. The first kappa shape index (κ1) is 23.2. The van der Waals surface area contributed by atoms with E-state index in [4.69, 9.17) is 15.2 Å². The van der Waals surface area contributed by atoms with E-state index in [-0.39, 0.29) is 52.6 Å². The number of nitrogens with two attached hydrogens (primary N) is 1. The maximum Gasteiger partial charge on any atom is 0.268 e. The number of nitrogens with zero attached hydrogens (tertiary/aromatic N) is 2. The van der Waals surface area contributed by atoms with Crippen LogP contribution in [0.15, 0.2) is 21.4 Å². The van der Waals surface area contributed by atoms with E-state index in [0.717, 1.165) is 25.7 Å². The number of aromatic amines is 1. The number of H-pyrrole nitrogens is 1. The Morgan fingerprint density at radius 2 is 1.91 bits per heavy atom. The first-order valence-corrected chi connectivity index (χ1v) is 10.8. The number of benzene rings is 1. The van der Waals surface area contributed by atoms with Crippen molar-refractivity contribution in [3.05, 3.63) is 38.1 Å². The topological polar surface area (TPSA) is 154 Å². The molecule has 9 nitrogen and oxygen atoms in total. The van der Waals surface area contributed by atoms with Gasteiger partial charge in [0.15, 0.2) is 18.1 Å². The highest BCUT2D eigenvalue weighted by Crippen LogP contribution is 2.41. The molecule has 0 unspecified atom stereocenters.